The Balaban J connectivity index is 1.63. The summed E-state index contributed by atoms with van der Waals surface area (Å²) in [6.45, 7) is 4.61. The van der Waals surface area contributed by atoms with Crippen molar-refractivity contribution >= 4 is 11.9 Å². The fourth-order valence-electron chi connectivity index (χ4n) is 4.71. The van der Waals surface area contributed by atoms with Gasteiger partial charge in [-0.1, -0.05) is 26.0 Å². The van der Waals surface area contributed by atoms with Gasteiger partial charge in [-0.2, -0.15) is 0 Å². The van der Waals surface area contributed by atoms with Crippen LogP contribution in [0.4, 0.5) is 0 Å². The van der Waals surface area contributed by atoms with Gasteiger partial charge < -0.3 is 10.2 Å². The minimum Gasteiger partial charge on any atom is -0.481 e. The van der Waals surface area contributed by atoms with E-state index in [0.29, 0.717) is 5.41 Å². The van der Waals surface area contributed by atoms with Gasteiger partial charge in [0.1, 0.15) is 0 Å². The van der Waals surface area contributed by atoms with E-state index in [-0.39, 0.29) is 17.3 Å². The molecule has 2 fully saturated rings. The first-order valence-corrected chi connectivity index (χ1v) is 10.3. The van der Waals surface area contributed by atoms with Gasteiger partial charge in [-0.3, -0.25) is 9.59 Å². The Morgan fingerprint density at radius 1 is 0.846 bits per heavy atom. The van der Waals surface area contributed by atoms with Crippen LogP contribution in [0.25, 0.3) is 0 Å². The second-order valence-corrected chi connectivity index (χ2v) is 9.41. The minimum atomic E-state index is -0.631. The molecule has 0 heterocycles. The molecule has 0 radical (unpaired) electrons. The number of carboxylic acid groups (broad SMARTS) is 2. The summed E-state index contributed by atoms with van der Waals surface area (Å²) in [4.78, 5) is 22.1. The van der Waals surface area contributed by atoms with E-state index in [1.54, 1.807) is 0 Å². The van der Waals surface area contributed by atoms with Gasteiger partial charge >= 0.3 is 11.9 Å². The third-order valence-corrected chi connectivity index (χ3v) is 7.01. The quantitative estimate of drug-likeness (QED) is 0.430. The first-order chi connectivity index (χ1) is 12.2. The van der Waals surface area contributed by atoms with E-state index >= 15 is 0 Å². The number of hydrogen-bond acceptors (Lipinski definition) is 2. The highest BCUT2D eigenvalue weighted by Gasteiger charge is 2.34. The van der Waals surface area contributed by atoms with Crippen LogP contribution in [0, 0.1) is 22.7 Å². The Bertz CT molecular complexity index is 506. The normalized spacial score (nSPS) is 35.5. The van der Waals surface area contributed by atoms with Gasteiger partial charge in [-0.05, 0) is 87.9 Å². The Morgan fingerprint density at radius 2 is 1.31 bits per heavy atom. The van der Waals surface area contributed by atoms with Crippen LogP contribution >= 0.6 is 0 Å². The number of carbonyl (C=O) groups is 2. The maximum absolute atomic E-state index is 11.1. The summed E-state index contributed by atoms with van der Waals surface area (Å²) < 4.78 is 0. The molecule has 148 valence electrons. The second kappa shape index (κ2) is 9.05. The topological polar surface area (TPSA) is 74.6 Å². The van der Waals surface area contributed by atoms with E-state index in [0.717, 1.165) is 64.2 Å². The fourth-order valence-corrected chi connectivity index (χ4v) is 4.71. The Morgan fingerprint density at radius 3 is 1.77 bits per heavy atom. The van der Waals surface area contributed by atoms with Crippen LogP contribution in [0.15, 0.2) is 12.2 Å². The third-order valence-electron chi connectivity index (χ3n) is 7.01. The molecule has 0 spiro atoms. The number of aliphatic carboxylic acids is 2. The lowest BCUT2D eigenvalue weighted by Gasteiger charge is -2.36. The maximum atomic E-state index is 11.1. The molecule has 0 aromatic carbocycles. The summed E-state index contributed by atoms with van der Waals surface area (Å²) in [5.74, 6) is -1.52. The van der Waals surface area contributed by atoms with Gasteiger partial charge in [0.15, 0.2) is 0 Å². The molecule has 2 N–H and O–H groups in total. The van der Waals surface area contributed by atoms with Crippen molar-refractivity contribution in [3.63, 3.8) is 0 Å². The molecular weight excluding hydrogens is 328 g/mol. The van der Waals surface area contributed by atoms with Gasteiger partial charge in [0.25, 0.3) is 0 Å². The zero-order chi connectivity index (χ0) is 19.2. The highest BCUT2D eigenvalue weighted by molar-refractivity contribution is 5.70. The number of allylic oxidation sites excluding steroid dienone is 2. The molecule has 0 aromatic rings. The van der Waals surface area contributed by atoms with E-state index < -0.39 is 11.9 Å². The average molecular weight is 365 g/mol. The predicted molar refractivity (Wildman–Crippen MR) is 103 cm³/mol. The van der Waals surface area contributed by atoms with Crippen molar-refractivity contribution in [2.45, 2.75) is 90.9 Å². The molecule has 0 bridgehead atoms. The van der Waals surface area contributed by atoms with E-state index in [9.17, 15) is 9.59 Å². The van der Waals surface area contributed by atoms with Crippen LogP contribution in [0.3, 0.4) is 0 Å². The van der Waals surface area contributed by atoms with Crippen LogP contribution in [0.1, 0.15) is 90.9 Å². The second-order valence-electron chi connectivity index (χ2n) is 9.41. The third kappa shape index (κ3) is 6.14. The standard InChI is InChI=1S/C22H36O4/c1-21(13-7-17(8-14-21)19(23)24)11-5-3-4-6-12-22(2)15-9-18(10-16-22)20(25)26/h3,5,17-18H,4,6-16H2,1-2H3,(H,23,24)(H,25,26)/b5-3-. The van der Waals surface area contributed by atoms with Crippen molar-refractivity contribution in [1.29, 1.82) is 0 Å². The first-order valence-electron chi connectivity index (χ1n) is 10.3. The summed E-state index contributed by atoms with van der Waals surface area (Å²) in [6, 6.07) is 0. The number of unbranched alkanes of at least 4 members (excludes halogenated alkanes) is 1. The van der Waals surface area contributed by atoms with Crippen LogP contribution in [0.2, 0.25) is 0 Å². The monoisotopic (exact) mass is 364 g/mol. The SMILES string of the molecule is CC1(C/C=C\CCCC2(C)CCC(C(=O)O)CC2)CCC(C(=O)O)CC1. The Kier molecular flexibility index (Phi) is 7.31. The molecule has 2 rings (SSSR count). The summed E-state index contributed by atoms with van der Waals surface area (Å²) in [7, 11) is 0. The molecule has 4 heteroatoms. The summed E-state index contributed by atoms with van der Waals surface area (Å²) in [5.41, 5.74) is 0.588. The predicted octanol–water partition coefficient (Wildman–Crippen LogP) is 5.67. The summed E-state index contributed by atoms with van der Waals surface area (Å²) in [5, 5.41) is 18.2. The summed E-state index contributed by atoms with van der Waals surface area (Å²) in [6.07, 6.45) is 16.5. The van der Waals surface area contributed by atoms with Gasteiger partial charge in [0.2, 0.25) is 0 Å². The molecule has 2 saturated carbocycles. The lowest BCUT2D eigenvalue weighted by atomic mass is 9.69. The molecule has 4 nitrogen and oxygen atoms in total. The van der Waals surface area contributed by atoms with E-state index in [2.05, 4.69) is 26.0 Å². The van der Waals surface area contributed by atoms with Crippen molar-refractivity contribution in [3.8, 4) is 0 Å². The molecule has 0 aliphatic heterocycles. The van der Waals surface area contributed by atoms with Crippen LogP contribution < -0.4 is 0 Å². The molecular formula is C22H36O4. The van der Waals surface area contributed by atoms with Crippen molar-refractivity contribution in [2.24, 2.45) is 22.7 Å². The average Bonchev–Trinajstić information content (AvgIpc) is 2.58. The number of rotatable bonds is 8. The Labute approximate surface area is 158 Å². The highest BCUT2D eigenvalue weighted by atomic mass is 16.4. The largest absolute Gasteiger partial charge is 0.481 e. The fraction of sp³-hybridized carbons (Fsp3) is 0.818. The van der Waals surface area contributed by atoms with Crippen LogP contribution in [0.5, 0.6) is 0 Å². The van der Waals surface area contributed by atoms with Crippen molar-refractivity contribution in [3.05, 3.63) is 12.2 Å². The molecule has 0 atom stereocenters. The van der Waals surface area contributed by atoms with Gasteiger partial charge in [-0.15, -0.1) is 0 Å². The molecule has 0 amide bonds. The first kappa shape index (κ1) is 21.0. The molecule has 26 heavy (non-hydrogen) atoms. The van der Waals surface area contributed by atoms with Crippen LogP contribution in [-0.2, 0) is 9.59 Å². The van der Waals surface area contributed by atoms with E-state index in [1.165, 1.54) is 12.8 Å². The zero-order valence-electron chi connectivity index (χ0n) is 16.5. The smallest absolute Gasteiger partial charge is 0.306 e. The van der Waals surface area contributed by atoms with Crippen LogP contribution in [-0.4, -0.2) is 22.2 Å². The maximum Gasteiger partial charge on any atom is 0.306 e. The van der Waals surface area contributed by atoms with Crippen molar-refractivity contribution < 1.29 is 19.8 Å². The lowest BCUT2D eigenvalue weighted by Crippen LogP contribution is -2.28. The molecule has 0 unspecified atom stereocenters. The summed E-state index contributed by atoms with van der Waals surface area (Å²) >= 11 is 0. The molecule has 2 aliphatic carbocycles. The van der Waals surface area contributed by atoms with E-state index in [1.807, 2.05) is 0 Å². The highest BCUT2D eigenvalue weighted by Crippen LogP contribution is 2.43. The molecule has 2 aliphatic rings. The Hall–Kier alpha value is -1.32. The number of hydrogen-bond donors (Lipinski definition) is 2. The van der Waals surface area contributed by atoms with Gasteiger partial charge in [0.05, 0.1) is 11.8 Å². The zero-order valence-corrected chi connectivity index (χ0v) is 16.5. The van der Waals surface area contributed by atoms with Crippen molar-refractivity contribution in [2.75, 3.05) is 0 Å². The van der Waals surface area contributed by atoms with Gasteiger partial charge in [-0.25, -0.2) is 0 Å². The van der Waals surface area contributed by atoms with E-state index in [4.69, 9.17) is 10.2 Å². The minimum absolute atomic E-state index is 0.125. The number of carboxylic acids is 2. The van der Waals surface area contributed by atoms with Crippen molar-refractivity contribution in [1.82, 2.24) is 0 Å². The van der Waals surface area contributed by atoms with Gasteiger partial charge in [0, 0.05) is 0 Å². The lowest BCUT2D eigenvalue weighted by molar-refractivity contribution is -0.144. The molecule has 0 saturated heterocycles. The molecule has 0 aromatic heterocycles.